The van der Waals surface area contributed by atoms with Crippen molar-refractivity contribution in [1.82, 2.24) is 5.32 Å². The molecular formula is C20H22N2O5S. The highest BCUT2D eigenvalue weighted by molar-refractivity contribution is 7.92. The number of ether oxygens (including phenoxy) is 2. The van der Waals surface area contributed by atoms with E-state index in [9.17, 15) is 13.2 Å². The van der Waals surface area contributed by atoms with Crippen LogP contribution in [0.5, 0.6) is 11.5 Å². The molecule has 2 aliphatic rings. The van der Waals surface area contributed by atoms with Crippen LogP contribution in [0.2, 0.25) is 0 Å². The Balaban J connectivity index is 1.25. The first kappa shape index (κ1) is 18.6. The maximum atomic E-state index is 12.6. The van der Waals surface area contributed by atoms with Crippen molar-refractivity contribution in [3.8, 4) is 11.5 Å². The number of amides is 1. The Morgan fingerprint density at radius 1 is 1.11 bits per heavy atom. The van der Waals surface area contributed by atoms with E-state index in [2.05, 4.69) is 5.32 Å². The van der Waals surface area contributed by atoms with Gasteiger partial charge in [-0.3, -0.25) is 9.10 Å². The Hall–Kier alpha value is -2.74. The van der Waals surface area contributed by atoms with Crippen LogP contribution >= 0.6 is 0 Å². The quantitative estimate of drug-likeness (QED) is 0.764. The Morgan fingerprint density at radius 3 is 2.82 bits per heavy atom. The fraction of sp³-hybridized carbons (Fsp3) is 0.350. The van der Waals surface area contributed by atoms with Gasteiger partial charge in [-0.1, -0.05) is 24.3 Å². The van der Waals surface area contributed by atoms with Crippen molar-refractivity contribution in [2.45, 2.75) is 19.3 Å². The van der Waals surface area contributed by atoms with Gasteiger partial charge < -0.3 is 14.8 Å². The van der Waals surface area contributed by atoms with E-state index in [4.69, 9.17) is 9.47 Å². The maximum Gasteiger partial charge on any atom is 0.236 e. The molecular weight excluding hydrogens is 380 g/mol. The monoisotopic (exact) mass is 402 g/mol. The van der Waals surface area contributed by atoms with Gasteiger partial charge in [0, 0.05) is 19.5 Å². The molecule has 2 heterocycles. The summed E-state index contributed by atoms with van der Waals surface area (Å²) in [5, 5.41) is 2.71. The summed E-state index contributed by atoms with van der Waals surface area (Å²) in [6.07, 6.45) is 1.55. The molecule has 148 valence electrons. The number of rotatable bonds is 7. The van der Waals surface area contributed by atoms with Crippen molar-refractivity contribution in [2.75, 3.05) is 29.9 Å². The molecule has 2 aliphatic heterocycles. The van der Waals surface area contributed by atoms with Crippen molar-refractivity contribution in [3.05, 3.63) is 53.6 Å². The van der Waals surface area contributed by atoms with E-state index in [0.717, 1.165) is 23.2 Å². The first-order chi connectivity index (χ1) is 13.5. The SMILES string of the molecule is O=C(CCc1ccc2c(c1)OCO2)NCCS(=O)(=O)N1CCc2ccccc21. The fourth-order valence-corrected chi connectivity index (χ4v) is 4.90. The Kier molecular flexibility index (Phi) is 5.13. The minimum Gasteiger partial charge on any atom is -0.454 e. The summed E-state index contributed by atoms with van der Waals surface area (Å²) in [6.45, 7) is 0.774. The predicted molar refractivity (Wildman–Crippen MR) is 105 cm³/mol. The molecule has 2 aromatic rings. The van der Waals surface area contributed by atoms with Gasteiger partial charge in [0.25, 0.3) is 0 Å². The summed E-state index contributed by atoms with van der Waals surface area (Å²) in [5.41, 5.74) is 2.76. The molecule has 0 spiro atoms. The molecule has 0 atom stereocenters. The van der Waals surface area contributed by atoms with Gasteiger partial charge >= 0.3 is 0 Å². The topological polar surface area (TPSA) is 84.9 Å². The third-order valence-corrected chi connectivity index (χ3v) is 6.71. The zero-order valence-electron chi connectivity index (χ0n) is 15.4. The number of nitrogens with zero attached hydrogens (tertiary/aromatic N) is 1. The molecule has 0 aromatic heterocycles. The summed E-state index contributed by atoms with van der Waals surface area (Å²) < 4.78 is 37.3. The second-order valence-corrected chi connectivity index (χ2v) is 8.82. The number of carbonyl (C=O) groups excluding carboxylic acids is 1. The van der Waals surface area contributed by atoms with Crippen LogP contribution in [0.25, 0.3) is 0 Å². The predicted octanol–water partition coefficient (Wildman–Crippen LogP) is 1.86. The lowest BCUT2D eigenvalue weighted by Gasteiger charge is -2.19. The minimum absolute atomic E-state index is 0.0982. The van der Waals surface area contributed by atoms with Crippen LogP contribution in [-0.2, 0) is 27.7 Å². The number of anilines is 1. The number of carbonyl (C=O) groups is 1. The van der Waals surface area contributed by atoms with E-state index >= 15 is 0 Å². The van der Waals surface area contributed by atoms with Gasteiger partial charge in [0.15, 0.2) is 11.5 Å². The highest BCUT2D eigenvalue weighted by Crippen LogP contribution is 2.33. The zero-order chi connectivity index (χ0) is 19.6. The number of nitrogens with one attached hydrogen (secondary N) is 1. The zero-order valence-corrected chi connectivity index (χ0v) is 16.2. The van der Waals surface area contributed by atoms with E-state index in [0.29, 0.717) is 24.5 Å². The molecule has 0 unspecified atom stereocenters. The molecule has 0 bridgehead atoms. The molecule has 8 heteroatoms. The van der Waals surface area contributed by atoms with Gasteiger partial charge in [-0.05, 0) is 42.2 Å². The molecule has 2 aromatic carbocycles. The molecule has 0 saturated heterocycles. The average Bonchev–Trinajstić information content (AvgIpc) is 3.32. The van der Waals surface area contributed by atoms with Gasteiger partial charge in [0.05, 0.1) is 11.4 Å². The van der Waals surface area contributed by atoms with Crippen LogP contribution in [0.3, 0.4) is 0 Å². The third kappa shape index (κ3) is 3.91. The molecule has 0 fully saturated rings. The summed E-state index contributed by atoms with van der Waals surface area (Å²) in [6, 6.07) is 13.1. The van der Waals surface area contributed by atoms with Gasteiger partial charge in [0.2, 0.25) is 22.7 Å². The molecule has 0 aliphatic carbocycles. The van der Waals surface area contributed by atoms with Crippen LogP contribution in [0, 0.1) is 0 Å². The van der Waals surface area contributed by atoms with Gasteiger partial charge in [-0.15, -0.1) is 0 Å². The number of sulfonamides is 1. The molecule has 1 amide bonds. The lowest BCUT2D eigenvalue weighted by atomic mass is 10.1. The molecule has 0 saturated carbocycles. The van der Waals surface area contributed by atoms with Crippen molar-refractivity contribution in [2.24, 2.45) is 0 Å². The van der Waals surface area contributed by atoms with Crippen molar-refractivity contribution in [1.29, 1.82) is 0 Å². The average molecular weight is 402 g/mol. The van der Waals surface area contributed by atoms with E-state index in [1.54, 1.807) is 0 Å². The van der Waals surface area contributed by atoms with Crippen LogP contribution in [0.4, 0.5) is 5.69 Å². The number of aryl methyl sites for hydroxylation is 1. The maximum absolute atomic E-state index is 12.6. The standard InChI is InChI=1S/C20H22N2O5S/c23-20(8-6-15-5-7-18-19(13-15)27-14-26-18)21-10-12-28(24,25)22-11-9-16-3-1-2-4-17(16)22/h1-5,7,13H,6,8-12,14H2,(H,21,23). The fourth-order valence-electron chi connectivity index (χ4n) is 3.47. The number of para-hydroxylation sites is 1. The number of hydrogen-bond donors (Lipinski definition) is 1. The van der Waals surface area contributed by atoms with Crippen molar-refractivity contribution >= 4 is 21.6 Å². The van der Waals surface area contributed by atoms with Gasteiger partial charge in [-0.2, -0.15) is 0 Å². The summed E-state index contributed by atoms with van der Waals surface area (Å²) in [4.78, 5) is 12.1. The van der Waals surface area contributed by atoms with Crippen LogP contribution < -0.4 is 19.1 Å². The Morgan fingerprint density at radius 2 is 1.93 bits per heavy atom. The van der Waals surface area contributed by atoms with E-state index < -0.39 is 10.0 Å². The first-order valence-electron chi connectivity index (χ1n) is 9.26. The van der Waals surface area contributed by atoms with Crippen LogP contribution in [-0.4, -0.2) is 40.0 Å². The van der Waals surface area contributed by atoms with E-state index in [-0.39, 0.29) is 31.4 Å². The van der Waals surface area contributed by atoms with Crippen LogP contribution in [0.15, 0.2) is 42.5 Å². The van der Waals surface area contributed by atoms with Gasteiger partial charge in [-0.25, -0.2) is 8.42 Å². The number of hydrogen-bond acceptors (Lipinski definition) is 5. The summed E-state index contributed by atoms with van der Waals surface area (Å²) in [7, 11) is -3.45. The third-order valence-electron chi connectivity index (χ3n) is 4.94. The molecule has 28 heavy (non-hydrogen) atoms. The second kappa shape index (κ2) is 7.71. The molecule has 4 rings (SSSR count). The summed E-state index contributed by atoms with van der Waals surface area (Å²) in [5.74, 6) is 1.11. The Bertz CT molecular complexity index is 990. The molecule has 1 N–H and O–H groups in total. The minimum atomic E-state index is -3.45. The lowest BCUT2D eigenvalue weighted by molar-refractivity contribution is -0.120. The summed E-state index contributed by atoms with van der Waals surface area (Å²) >= 11 is 0. The van der Waals surface area contributed by atoms with E-state index in [1.807, 2.05) is 42.5 Å². The van der Waals surface area contributed by atoms with Crippen LogP contribution in [0.1, 0.15) is 17.5 Å². The molecule has 0 radical (unpaired) electrons. The highest BCUT2D eigenvalue weighted by Gasteiger charge is 2.28. The highest BCUT2D eigenvalue weighted by atomic mass is 32.2. The largest absolute Gasteiger partial charge is 0.454 e. The van der Waals surface area contributed by atoms with Crippen molar-refractivity contribution < 1.29 is 22.7 Å². The number of fused-ring (bicyclic) bond motifs is 2. The normalized spacial score (nSPS) is 14.8. The first-order valence-corrected chi connectivity index (χ1v) is 10.9. The smallest absolute Gasteiger partial charge is 0.236 e. The van der Waals surface area contributed by atoms with Crippen molar-refractivity contribution in [3.63, 3.8) is 0 Å². The number of benzene rings is 2. The Labute approximate surface area is 164 Å². The lowest BCUT2D eigenvalue weighted by Crippen LogP contribution is -2.37. The van der Waals surface area contributed by atoms with Gasteiger partial charge in [0.1, 0.15) is 0 Å². The molecule has 7 nitrogen and oxygen atoms in total. The second-order valence-electron chi connectivity index (χ2n) is 6.80. The van der Waals surface area contributed by atoms with E-state index in [1.165, 1.54) is 4.31 Å².